The topological polar surface area (TPSA) is 88.3 Å². The molecular formula is C15H24N4O2S. The van der Waals surface area contributed by atoms with Crippen LogP contribution in [0.1, 0.15) is 36.9 Å². The largest absolute Gasteiger partial charge is 0.370 e. The van der Waals surface area contributed by atoms with Crippen LogP contribution < -0.4 is 11.1 Å². The second-order valence-corrected chi connectivity index (χ2v) is 6.64. The van der Waals surface area contributed by atoms with Gasteiger partial charge in [0, 0.05) is 37.9 Å². The molecule has 3 N–H and O–H groups in total. The van der Waals surface area contributed by atoms with Gasteiger partial charge in [0.2, 0.25) is 5.91 Å². The van der Waals surface area contributed by atoms with Gasteiger partial charge in [-0.1, -0.05) is 6.92 Å². The maximum Gasteiger partial charge on any atom is 0.317 e. The molecule has 1 aromatic rings. The van der Waals surface area contributed by atoms with E-state index in [-0.39, 0.29) is 17.9 Å². The van der Waals surface area contributed by atoms with Crippen molar-refractivity contribution >= 4 is 23.3 Å². The number of likely N-dealkylation sites (tertiary alicyclic amines) is 1. The van der Waals surface area contributed by atoms with E-state index in [2.05, 4.69) is 22.6 Å². The number of aryl methyl sites for hydroxylation is 1. The van der Waals surface area contributed by atoms with Crippen molar-refractivity contribution in [1.82, 2.24) is 15.2 Å². The highest BCUT2D eigenvalue weighted by Crippen LogP contribution is 2.19. The molecule has 3 amide bonds. The lowest BCUT2D eigenvalue weighted by atomic mass is 9.95. The average Bonchev–Trinajstić information content (AvgIpc) is 2.94. The first-order valence-electron chi connectivity index (χ1n) is 7.82. The van der Waals surface area contributed by atoms with Gasteiger partial charge in [0.15, 0.2) is 0 Å². The van der Waals surface area contributed by atoms with E-state index < -0.39 is 0 Å². The maximum absolute atomic E-state index is 12.2. The molecule has 7 heteroatoms. The molecule has 0 spiro atoms. The number of aromatic nitrogens is 1. The van der Waals surface area contributed by atoms with Crippen LogP contribution in [0.5, 0.6) is 0 Å². The Morgan fingerprint density at radius 1 is 1.55 bits per heavy atom. The molecule has 122 valence electrons. The molecule has 0 aliphatic carbocycles. The van der Waals surface area contributed by atoms with Gasteiger partial charge in [-0.05, 0) is 25.2 Å². The Balaban J connectivity index is 1.73. The van der Waals surface area contributed by atoms with Crippen LogP contribution in [-0.4, -0.2) is 41.5 Å². The first kappa shape index (κ1) is 16.7. The second-order valence-electron chi connectivity index (χ2n) is 5.69. The number of rotatable bonds is 6. The average molecular weight is 324 g/mol. The summed E-state index contributed by atoms with van der Waals surface area (Å²) in [5.41, 5.74) is 6.27. The first-order valence-corrected chi connectivity index (χ1v) is 8.70. The quantitative estimate of drug-likeness (QED) is 0.832. The standard InChI is InChI=1S/C15H24N4O2S/c1-2-14-18-12(10-22-14)5-6-17-15(21)19-7-3-4-11(9-19)8-13(16)20/h10-11H,2-9H2,1H3,(H2,16,20)(H,17,21)/t11-/m1/s1. The molecule has 2 rings (SSSR count). The molecule has 1 fully saturated rings. The van der Waals surface area contributed by atoms with E-state index in [0.717, 1.165) is 42.9 Å². The summed E-state index contributed by atoms with van der Waals surface area (Å²) in [4.78, 5) is 29.4. The monoisotopic (exact) mass is 324 g/mol. The van der Waals surface area contributed by atoms with Crippen LogP contribution in [0.3, 0.4) is 0 Å². The molecular weight excluding hydrogens is 300 g/mol. The Bertz CT molecular complexity index is 517. The van der Waals surface area contributed by atoms with E-state index in [4.69, 9.17) is 5.73 Å². The Labute approximate surface area is 135 Å². The molecule has 0 radical (unpaired) electrons. The summed E-state index contributed by atoms with van der Waals surface area (Å²) in [6.07, 6.45) is 3.96. The van der Waals surface area contributed by atoms with Crippen LogP contribution in [0.15, 0.2) is 5.38 Å². The Morgan fingerprint density at radius 3 is 3.05 bits per heavy atom. The zero-order valence-electron chi connectivity index (χ0n) is 13.0. The predicted octanol–water partition coefficient (Wildman–Crippen LogP) is 1.54. The summed E-state index contributed by atoms with van der Waals surface area (Å²) in [6, 6.07) is -0.0554. The minimum Gasteiger partial charge on any atom is -0.370 e. The number of primary amides is 1. The molecule has 2 heterocycles. The fraction of sp³-hybridized carbons (Fsp3) is 0.667. The lowest BCUT2D eigenvalue weighted by molar-refractivity contribution is -0.119. The van der Waals surface area contributed by atoms with E-state index in [0.29, 0.717) is 19.5 Å². The number of carbonyl (C=O) groups is 2. The summed E-state index contributed by atoms with van der Waals surface area (Å²) in [7, 11) is 0. The first-order chi connectivity index (χ1) is 10.6. The zero-order chi connectivity index (χ0) is 15.9. The lowest BCUT2D eigenvalue weighted by Gasteiger charge is -2.32. The van der Waals surface area contributed by atoms with E-state index in [1.165, 1.54) is 0 Å². The number of hydrogen-bond acceptors (Lipinski definition) is 4. The zero-order valence-corrected chi connectivity index (χ0v) is 13.8. The van der Waals surface area contributed by atoms with Crippen LogP contribution in [-0.2, 0) is 17.6 Å². The lowest BCUT2D eigenvalue weighted by Crippen LogP contribution is -2.46. The van der Waals surface area contributed by atoms with Gasteiger partial charge in [-0.3, -0.25) is 4.79 Å². The van der Waals surface area contributed by atoms with Crippen molar-refractivity contribution in [2.75, 3.05) is 19.6 Å². The maximum atomic E-state index is 12.2. The number of piperidine rings is 1. The normalized spacial score (nSPS) is 18.2. The smallest absolute Gasteiger partial charge is 0.317 e. The number of thiazole rings is 1. The molecule has 1 aromatic heterocycles. The Kier molecular flexibility index (Phi) is 6.18. The summed E-state index contributed by atoms with van der Waals surface area (Å²) >= 11 is 1.66. The van der Waals surface area contributed by atoms with Crippen LogP contribution in [0.2, 0.25) is 0 Å². The van der Waals surface area contributed by atoms with E-state index >= 15 is 0 Å². The fourth-order valence-corrected chi connectivity index (χ4v) is 3.52. The van der Waals surface area contributed by atoms with Crippen molar-refractivity contribution < 1.29 is 9.59 Å². The van der Waals surface area contributed by atoms with Crippen molar-refractivity contribution in [3.05, 3.63) is 16.1 Å². The number of nitrogens with zero attached hydrogens (tertiary/aromatic N) is 2. The molecule has 1 atom stereocenters. The van der Waals surface area contributed by atoms with Gasteiger partial charge in [-0.25, -0.2) is 9.78 Å². The summed E-state index contributed by atoms with van der Waals surface area (Å²) in [6.45, 7) is 4.04. The molecule has 1 aliphatic heterocycles. The molecule has 1 saturated heterocycles. The molecule has 22 heavy (non-hydrogen) atoms. The van der Waals surface area contributed by atoms with Crippen molar-refractivity contribution in [3.8, 4) is 0 Å². The third-order valence-corrected chi connectivity index (χ3v) is 4.90. The van der Waals surface area contributed by atoms with Gasteiger partial charge in [-0.2, -0.15) is 0 Å². The molecule has 6 nitrogen and oxygen atoms in total. The minimum absolute atomic E-state index is 0.0554. The van der Waals surface area contributed by atoms with Crippen LogP contribution in [0.4, 0.5) is 4.79 Å². The van der Waals surface area contributed by atoms with Crippen molar-refractivity contribution in [2.24, 2.45) is 11.7 Å². The van der Waals surface area contributed by atoms with Gasteiger partial charge >= 0.3 is 6.03 Å². The van der Waals surface area contributed by atoms with E-state index in [9.17, 15) is 9.59 Å². The number of urea groups is 1. The number of nitrogens with two attached hydrogens (primary N) is 1. The summed E-state index contributed by atoms with van der Waals surface area (Å²) in [5.74, 6) is -0.0924. The minimum atomic E-state index is -0.289. The number of carbonyl (C=O) groups excluding carboxylic acids is 2. The highest BCUT2D eigenvalue weighted by molar-refractivity contribution is 7.09. The molecule has 0 unspecified atom stereocenters. The fourth-order valence-electron chi connectivity index (χ4n) is 2.74. The molecule has 0 aromatic carbocycles. The number of hydrogen-bond donors (Lipinski definition) is 2. The Hall–Kier alpha value is -1.63. The Morgan fingerprint density at radius 2 is 2.36 bits per heavy atom. The SMILES string of the molecule is CCc1nc(CCNC(=O)N2CCC[C@H](CC(N)=O)C2)cs1. The summed E-state index contributed by atoms with van der Waals surface area (Å²) in [5, 5.41) is 6.12. The summed E-state index contributed by atoms with van der Waals surface area (Å²) < 4.78 is 0. The second kappa shape index (κ2) is 8.12. The van der Waals surface area contributed by atoms with Gasteiger partial charge in [0.05, 0.1) is 10.7 Å². The van der Waals surface area contributed by atoms with Gasteiger partial charge in [0.1, 0.15) is 0 Å². The van der Waals surface area contributed by atoms with Crippen molar-refractivity contribution in [3.63, 3.8) is 0 Å². The van der Waals surface area contributed by atoms with E-state index in [1.807, 2.05) is 0 Å². The van der Waals surface area contributed by atoms with Gasteiger partial charge in [0.25, 0.3) is 0 Å². The highest BCUT2D eigenvalue weighted by Gasteiger charge is 2.24. The molecule has 0 saturated carbocycles. The molecule has 1 aliphatic rings. The van der Waals surface area contributed by atoms with Crippen molar-refractivity contribution in [2.45, 2.75) is 39.0 Å². The van der Waals surface area contributed by atoms with Crippen molar-refractivity contribution in [1.29, 1.82) is 0 Å². The van der Waals surface area contributed by atoms with E-state index in [1.54, 1.807) is 16.2 Å². The third-order valence-electron chi connectivity index (χ3n) is 3.86. The van der Waals surface area contributed by atoms with Crippen LogP contribution in [0, 0.1) is 5.92 Å². The van der Waals surface area contributed by atoms with Gasteiger partial charge < -0.3 is 16.0 Å². The number of amides is 3. The highest BCUT2D eigenvalue weighted by atomic mass is 32.1. The number of nitrogens with one attached hydrogen (secondary N) is 1. The van der Waals surface area contributed by atoms with Crippen LogP contribution >= 0.6 is 11.3 Å². The molecule has 0 bridgehead atoms. The van der Waals surface area contributed by atoms with Crippen LogP contribution in [0.25, 0.3) is 0 Å². The predicted molar refractivity (Wildman–Crippen MR) is 86.7 cm³/mol. The van der Waals surface area contributed by atoms with Gasteiger partial charge in [-0.15, -0.1) is 11.3 Å². The third kappa shape index (κ3) is 4.98.